The highest BCUT2D eigenvalue weighted by atomic mass is 32.1. The number of hydrogen-bond acceptors (Lipinski definition) is 3. The summed E-state index contributed by atoms with van der Waals surface area (Å²) in [7, 11) is 0. The fourth-order valence-corrected chi connectivity index (χ4v) is 3.35. The summed E-state index contributed by atoms with van der Waals surface area (Å²) in [5, 5.41) is 4.97. The molecule has 0 bridgehead atoms. The van der Waals surface area contributed by atoms with Gasteiger partial charge in [-0.3, -0.25) is 0 Å². The van der Waals surface area contributed by atoms with E-state index in [0.29, 0.717) is 6.04 Å². The highest BCUT2D eigenvalue weighted by molar-refractivity contribution is 7.07. The summed E-state index contributed by atoms with van der Waals surface area (Å²) in [6.45, 7) is 3.26. The number of rotatable bonds is 5. The molecule has 1 saturated carbocycles. The number of benzene rings is 1. The van der Waals surface area contributed by atoms with Crippen LogP contribution in [0.3, 0.4) is 0 Å². The average molecular weight is 246 g/mol. The molecule has 1 N–H and O–H groups in total. The SMILES string of the molecule is CCNC(Cc1snc2ccccc12)C1CC1. The molecule has 2 aromatic rings. The van der Waals surface area contributed by atoms with Crippen molar-refractivity contribution in [2.45, 2.75) is 32.2 Å². The van der Waals surface area contributed by atoms with Crippen LogP contribution < -0.4 is 5.32 Å². The Kier molecular flexibility index (Phi) is 3.12. The van der Waals surface area contributed by atoms with Crippen LogP contribution in [0.4, 0.5) is 0 Å². The largest absolute Gasteiger partial charge is 0.314 e. The first kappa shape index (κ1) is 11.2. The van der Waals surface area contributed by atoms with Gasteiger partial charge in [0.15, 0.2) is 0 Å². The van der Waals surface area contributed by atoms with Crippen molar-refractivity contribution in [3.8, 4) is 0 Å². The maximum atomic E-state index is 4.53. The van der Waals surface area contributed by atoms with E-state index in [0.717, 1.165) is 24.4 Å². The zero-order valence-corrected chi connectivity index (χ0v) is 11.0. The molecule has 0 saturated heterocycles. The lowest BCUT2D eigenvalue weighted by Crippen LogP contribution is -2.32. The van der Waals surface area contributed by atoms with E-state index in [1.807, 2.05) is 0 Å². The van der Waals surface area contributed by atoms with E-state index in [1.165, 1.54) is 23.1 Å². The lowest BCUT2D eigenvalue weighted by molar-refractivity contribution is 0.476. The zero-order chi connectivity index (χ0) is 11.7. The second kappa shape index (κ2) is 4.75. The van der Waals surface area contributed by atoms with Crippen LogP contribution in [0, 0.1) is 5.92 Å². The first-order valence-electron chi connectivity index (χ1n) is 6.45. The molecule has 0 aliphatic heterocycles. The summed E-state index contributed by atoms with van der Waals surface area (Å²) >= 11 is 1.67. The van der Waals surface area contributed by atoms with Crippen molar-refractivity contribution in [1.82, 2.24) is 9.69 Å². The van der Waals surface area contributed by atoms with Gasteiger partial charge in [0.25, 0.3) is 0 Å². The Morgan fingerprint density at radius 1 is 1.41 bits per heavy atom. The number of aromatic nitrogens is 1. The number of nitrogens with zero attached hydrogens (tertiary/aromatic N) is 1. The van der Waals surface area contributed by atoms with Crippen LogP contribution in [-0.2, 0) is 6.42 Å². The van der Waals surface area contributed by atoms with Crippen molar-refractivity contribution in [2.75, 3.05) is 6.54 Å². The van der Waals surface area contributed by atoms with E-state index in [4.69, 9.17) is 0 Å². The van der Waals surface area contributed by atoms with Crippen molar-refractivity contribution in [3.05, 3.63) is 29.1 Å². The molecule has 1 aliphatic carbocycles. The first-order valence-corrected chi connectivity index (χ1v) is 7.22. The third-order valence-corrected chi connectivity index (χ3v) is 4.42. The Balaban J connectivity index is 1.83. The van der Waals surface area contributed by atoms with Gasteiger partial charge in [-0.2, -0.15) is 4.37 Å². The van der Waals surface area contributed by atoms with Crippen molar-refractivity contribution >= 4 is 22.4 Å². The van der Waals surface area contributed by atoms with Gasteiger partial charge in [-0.1, -0.05) is 25.1 Å². The highest BCUT2D eigenvalue weighted by Crippen LogP contribution is 2.35. The maximum Gasteiger partial charge on any atom is 0.0843 e. The summed E-state index contributed by atoms with van der Waals surface area (Å²) in [5.41, 5.74) is 1.15. The molecular formula is C14H18N2S. The van der Waals surface area contributed by atoms with Gasteiger partial charge in [0, 0.05) is 16.3 Å². The van der Waals surface area contributed by atoms with Crippen molar-refractivity contribution < 1.29 is 0 Å². The maximum absolute atomic E-state index is 4.53. The standard InChI is InChI=1S/C14H18N2S/c1-2-15-13(10-7-8-10)9-14-11-5-3-4-6-12(11)16-17-14/h3-6,10,13,15H,2,7-9H2,1H3. The van der Waals surface area contributed by atoms with Gasteiger partial charge in [-0.25, -0.2) is 0 Å². The van der Waals surface area contributed by atoms with E-state index >= 15 is 0 Å². The molecule has 1 heterocycles. The molecule has 1 fully saturated rings. The third-order valence-electron chi connectivity index (χ3n) is 3.52. The Morgan fingerprint density at radius 3 is 3.00 bits per heavy atom. The van der Waals surface area contributed by atoms with E-state index in [1.54, 1.807) is 11.5 Å². The molecule has 1 aromatic carbocycles. The molecular weight excluding hydrogens is 228 g/mol. The van der Waals surface area contributed by atoms with E-state index in [2.05, 4.69) is 40.9 Å². The van der Waals surface area contributed by atoms with Crippen LogP contribution in [0.25, 0.3) is 10.9 Å². The average Bonchev–Trinajstić information content (AvgIpc) is 3.12. The normalized spacial score (nSPS) is 17.5. The van der Waals surface area contributed by atoms with Crippen LogP contribution in [0.2, 0.25) is 0 Å². The minimum atomic E-state index is 0.656. The van der Waals surface area contributed by atoms with E-state index in [9.17, 15) is 0 Å². The molecule has 0 spiro atoms. The Labute approximate surface area is 106 Å². The first-order chi connectivity index (χ1) is 8.38. The van der Waals surface area contributed by atoms with E-state index < -0.39 is 0 Å². The number of fused-ring (bicyclic) bond motifs is 1. The highest BCUT2D eigenvalue weighted by Gasteiger charge is 2.31. The second-order valence-electron chi connectivity index (χ2n) is 4.83. The molecule has 0 amide bonds. The minimum absolute atomic E-state index is 0.656. The van der Waals surface area contributed by atoms with Gasteiger partial charge in [-0.05, 0) is 49.3 Å². The monoisotopic (exact) mass is 246 g/mol. The summed E-state index contributed by atoms with van der Waals surface area (Å²) in [6, 6.07) is 9.14. The number of likely N-dealkylation sites (N-methyl/N-ethyl adjacent to an activating group) is 1. The summed E-state index contributed by atoms with van der Waals surface area (Å²) in [6.07, 6.45) is 3.94. The predicted octanol–water partition coefficient (Wildman–Crippen LogP) is 3.23. The molecule has 1 unspecified atom stereocenters. The fraction of sp³-hybridized carbons (Fsp3) is 0.500. The molecule has 90 valence electrons. The lowest BCUT2D eigenvalue weighted by Gasteiger charge is -2.16. The van der Waals surface area contributed by atoms with Crippen LogP contribution in [0.15, 0.2) is 24.3 Å². The van der Waals surface area contributed by atoms with E-state index in [-0.39, 0.29) is 0 Å². The smallest absolute Gasteiger partial charge is 0.0843 e. The summed E-state index contributed by atoms with van der Waals surface area (Å²) in [5.74, 6) is 0.899. The van der Waals surface area contributed by atoms with Gasteiger partial charge in [0.05, 0.1) is 5.52 Å². The quantitative estimate of drug-likeness (QED) is 0.876. The molecule has 0 radical (unpaired) electrons. The predicted molar refractivity (Wildman–Crippen MR) is 73.5 cm³/mol. The second-order valence-corrected chi connectivity index (χ2v) is 5.69. The van der Waals surface area contributed by atoms with Crippen LogP contribution in [0.1, 0.15) is 24.6 Å². The van der Waals surface area contributed by atoms with Crippen LogP contribution >= 0.6 is 11.5 Å². The molecule has 1 aromatic heterocycles. The van der Waals surface area contributed by atoms with Crippen molar-refractivity contribution in [1.29, 1.82) is 0 Å². The third kappa shape index (κ3) is 2.35. The molecule has 1 atom stereocenters. The molecule has 1 aliphatic rings. The molecule has 17 heavy (non-hydrogen) atoms. The van der Waals surface area contributed by atoms with Crippen LogP contribution in [0.5, 0.6) is 0 Å². The Morgan fingerprint density at radius 2 is 2.24 bits per heavy atom. The van der Waals surface area contributed by atoms with Gasteiger partial charge in [0.1, 0.15) is 0 Å². The Hall–Kier alpha value is -0.930. The van der Waals surface area contributed by atoms with Gasteiger partial charge < -0.3 is 5.32 Å². The Bertz CT molecular complexity index is 502. The zero-order valence-electron chi connectivity index (χ0n) is 10.1. The fourth-order valence-electron chi connectivity index (χ4n) is 2.46. The van der Waals surface area contributed by atoms with Crippen molar-refractivity contribution in [2.24, 2.45) is 5.92 Å². The topological polar surface area (TPSA) is 24.9 Å². The molecule has 3 heteroatoms. The minimum Gasteiger partial charge on any atom is -0.314 e. The molecule has 3 rings (SSSR count). The number of nitrogens with one attached hydrogen (secondary N) is 1. The molecule has 2 nitrogen and oxygen atoms in total. The number of hydrogen-bond donors (Lipinski definition) is 1. The van der Waals surface area contributed by atoms with Gasteiger partial charge in [-0.15, -0.1) is 0 Å². The summed E-state index contributed by atoms with van der Waals surface area (Å²) in [4.78, 5) is 1.44. The van der Waals surface area contributed by atoms with Crippen molar-refractivity contribution in [3.63, 3.8) is 0 Å². The lowest BCUT2D eigenvalue weighted by atomic mass is 10.1. The van der Waals surface area contributed by atoms with Crippen LogP contribution in [-0.4, -0.2) is 17.0 Å². The summed E-state index contributed by atoms with van der Waals surface area (Å²) < 4.78 is 4.53. The van der Waals surface area contributed by atoms with Gasteiger partial charge in [0.2, 0.25) is 0 Å². The van der Waals surface area contributed by atoms with Gasteiger partial charge >= 0.3 is 0 Å².